The van der Waals surface area contributed by atoms with E-state index in [-0.39, 0.29) is 0 Å². The molecule has 0 amide bonds. The first-order chi connectivity index (χ1) is 7.30. The van der Waals surface area contributed by atoms with Crippen molar-refractivity contribution >= 4 is 0 Å². The van der Waals surface area contributed by atoms with Gasteiger partial charge >= 0.3 is 6.18 Å². The molecule has 1 nitrogen and oxygen atoms in total. The number of hydrogen-bond donors (Lipinski definition) is 1. The Bertz CT molecular complexity index is 330. The van der Waals surface area contributed by atoms with Crippen molar-refractivity contribution in [1.29, 1.82) is 0 Å². The predicted octanol–water partition coefficient (Wildman–Crippen LogP) is 3.10. The third-order valence-corrected chi connectivity index (χ3v) is 3.02. The van der Waals surface area contributed by atoms with Crippen LogP contribution in [0.25, 0.3) is 0 Å². The van der Waals surface area contributed by atoms with Gasteiger partial charge in [-0.1, -0.05) is 44.2 Å². The lowest BCUT2D eigenvalue weighted by Gasteiger charge is -2.35. The lowest BCUT2D eigenvalue weighted by molar-refractivity contribution is -0.187. The Labute approximate surface area is 93.5 Å². The molecular formula is C12H16F3N. The summed E-state index contributed by atoms with van der Waals surface area (Å²) in [5.74, 6) is -1.53. The number of hydrogen-bond acceptors (Lipinski definition) is 1. The minimum atomic E-state index is -4.27. The molecule has 1 aromatic carbocycles. The highest BCUT2D eigenvalue weighted by molar-refractivity contribution is 5.25. The summed E-state index contributed by atoms with van der Waals surface area (Å²) in [6.45, 7) is 2.76. The van der Waals surface area contributed by atoms with Gasteiger partial charge in [-0.25, -0.2) is 0 Å². The van der Waals surface area contributed by atoms with Crippen molar-refractivity contribution in [2.45, 2.75) is 25.4 Å². The first-order valence-corrected chi connectivity index (χ1v) is 5.12. The molecule has 90 valence electrons. The maximum absolute atomic E-state index is 12.8. The second-order valence-corrected chi connectivity index (χ2v) is 4.42. The molecule has 0 heterocycles. The molecule has 1 unspecified atom stereocenters. The van der Waals surface area contributed by atoms with Crippen molar-refractivity contribution in [2.24, 2.45) is 11.7 Å². The fraction of sp³-hybridized carbons (Fsp3) is 0.500. The maximum Gasteiger partial charge on any atom is 0.393 e. The molecule has 0 fully saturated rings. The number of alkyl halides is 3. The number of halogens is 3. The third-order valence-electron chi connectivity index (χ3n) is 3.02. The van der Waals surface area contributed by atoms with Gasteiger partial charge in [-0.2, -0.15) is 13.2 Å². The van der Waals surface area contributed by atoms with E-state index < -0.39 is 24.1 Å². The topological polar surface area (TPSA) is 26.0 Å². The van der Waals surface area contributed by atoms with Gasteiger partial charge in [0.1, 0.15) is 0 Å². The molecule has 0 saturated carbocycles. The zero-order valence-corrected chi connectivity index (χ0v) is 9.38. The van der Waals surface area contributed by atoms with Gasteiger partial charge in [-0.05, 0) is 5.56 Å². The van der Waals surface area contributed by atoms with Crippen LogP contribution < -0.4 is 5.73 Å². The molecule has 0 spiro atoms. The van der Waals surface area contributed by atoms with Crippen LogP contribution in [0.2, 0.25) is 0 Å². The van der Waals surface area contributed by atoms with Gasteiger partial charge < -0.3 is 5.73 Å². The molecule has 16 heavy (non-hydrogen) atoms. The first kappa shape index (κ1) is 13.0. The summed E-state index contributed by atoms with van der Waals surface area (Å²) in [6, 6.07) is 8.66. The maximum atomic E-state index is 12.8. The summed E-state index contributed by atoms with van der Waals surface area (Å²) in [5, 5.41) is 0. The Balaban J connectivity index is 3.09. The van der Waals surface area contributed by atoms with Gasteiger partial charge in [0.05, 0.1) is 5.92 Å². The molecule has 0 aromatic heterocycles. The van der Waals surface area contributed by atoms with E-state index >= 15 is 0 Å². The van der Waals surface area contributed by atoms with Crippen LogP contribution >= 0.6 is 0 Å². The van der Waals surface area contributed by atoms with Crippen LogP contribution in [0.3, 0.4) is 0 Å². The molecule has 0 aliphatic rings. The highest BCUT2D eigenvalue weighted by Gasteiger charge is 2.48. The van der Waals surface area contributed by atoms with Crippen LogP contribution in [0.15, 0.2) is 30.3 Å². The Hall–Kier alpha value is -1.03. The van der Waals surface area contributed by atoms with Crippen LogP contribution in [0, 0.1) is 5.92 Å². The summed E-state index contributed by atoms with van der Waals surface area (Å²) < 4.78 is 38.5. The molecule has 0 radical (unpaired) electrons. The van der Waals surface area contributed by atoms with Crippen LogP contribution in [-0.2, 0) is 5.41 Å². The summed E-state index contributed by atoms with van der Waals surface area (Å²) in [4.78, 5) is 0. The Morgan fingerprint density at radius 2 is 1.62 bits per heavy atom. The van der Waals surface area contributed by atoms with Crippen molar-refractivity contribution in [3.63, 3.8) is 0 Å². The van der Waals surface area contributed by atoms with Gasteiger partial charge in [-0.15, -0.1) is 0 Å². The van der Waals surface area contributed by atoms with Crippen molar-refractivity contribution in [1.82, 2.24) is 0 Å². The molecular weight excluding hydrogens is 215 g/mol. The summed E-state index contributed by atoms with van der Waals surface area (Å²) >= 11 is 0. The molecule has 0 aliphatic heterocycles. The Morgan fingerprint density at radius 1 is 1.12 bits per heavy atom. The third kappa shape index (κ3) is 2.55. The largest absolute Gasteiger partial charge is 0.393 e. The summed E-state index contributed by atoms with van der Waals surface area (Å²) in [7, 11) is 0. The van der Waals surface area contributed by atoms with E-state index in [1.165, 1.54) is 0 Å². The van der Waals surface area contributed by atoms with Crippen LogP contribution in [0.1, 0.15) is 19.4 Å². The number of rotatable bonds is 3. The minimum Gasteiger partial charge on any atom is -0.330 e. The Morgan fingerprint density at radius 3 is 2.00 bits per heavy atom. The quantitative estimate of drug-likeness (QED) is 0.849. The molecule has 4 heteroatoms. The van der Waals surface area contributed by atoms with Crippen LogP contribution in [0.4, 0.5) is 13.2 Å². The van der Waals surface area contributed by atoms with Gasteiger partial charge in [0.2, 0.25) is 0 Å². The standard InChI is InChI=1S/C12H16F3N/c1-11(2,9-6-4-3-5-7-9)10(8-16)12(13,14)15/h3-7,10H,8,16H2,1-2H3. The second kappa shape index (κ2) is 4.45. The van der Waals surface area contributed by atoms with Crippen LogP contribution in [0.5, 0.6) is 0 Å². The molecule has 0 aliphatic carbocycles. The van der Waals surface area contributed by atoms with Crippen molar-refractivity contribution in [2.75, 3.05) is 6.54 Å². The monoisotopic (exact) mass is 231 g/mol. The highest BCUT2D eigenvalue weighted by Crippen LogP contribution is 2.41. The van der Waals surface area contributed by atoms with Crippen molar-refractivity contribution in [3.8, 4) is 0 Å². The lowest BCUT2D eigenvalue weighted by atomic mass is 9.73. The molecule has 0 bridgehead atoms. The van der Waals surface area contributed by atoms with E-state index in [9.17, 15) is 13.2 Å². The molecule has 0 saturated heterocycles. The summed E-state index contributed by atoms with van der Waals surface area (Å²) in [5.41, 5.74) is 4.91. The zero-order valence-electron chi connectivity index (χ0n) is 9.38. The highest BCUT2D eigenvalue weighted by atomic mass is 19.4. The number of nitrogens with two attached hydrogens (primary N) is 1. The second-order valence-electron chi connectivity index (χ2n) is 4.42. The normalized spacial score (nSPS) is 14.9. The van der Waals surface area contributed by atoms with Gasteiger partial charge in [0.15, 0.2) is 0 Å². The van der Waals surface area contributed by atoms with E-state index in [1.54, 1.807) is 44.2 Å². The zero-order chi connectivity index (χ0) is 12.4. The fourth-order valence-electron chi connectivity index (χ4n) is 1.91. The minimum absolute atomic E-state index is 0.397. The Kier molecular flexibility index (Phi) is 3.63. The van der Waals surface area contributed by atoms with Crippen LogP contribution in [-0.4, -0.2) is 12.7 Å². The van der Waals surface area contributed by atoms with Gasteiger partial charge in [0.25, 0.3) is 0 Å². The lowest BCUT2D eigenvalue weighted by Crippen LogP contribution is -2.44. The molecule has 1 atom stereocenters. The van der Waals surface area contributed by atoms with E-state index in [4.69, 9.17) is 5.73 Å². The molecule has 1 rings (SSSR count). The molecule has 1 aromatic rings. The SMILES string of the molecule is CC(C)(c1ccccc1)C(CN)C(F)(F)F. The van der Waals surface area contributed by atoms with E-state index in [2.05, 4.69) is 0 Å². The summed E-state index contributed by atoms with van der Waals surface area (Å²) in [6.07, 6.45) is -4.27. The van der Waals surface area contributed by atoms with E-state index in [0.717, 1.165) is 0 Å². The van der Waals surface area contributed by atoms with Crippen molar-refractivity contribution in [3.05, 3.63) is 35.9 Å². The number of benzene rings is 1. The molecule has 2 N–H and O–H groups in total. The van der Waals surface area contributed by atoms with Gasteiger partial charge in [-0.3, -0.25) is 0 Å². The first-order valence-electron chi connectivity index (χ1n) is 5.12. The van der Waals surface area contributed by atoms with E-state index in [1.807, 2.05) is 0 Å². The average molecular weight is 231 g/mol. The fourth-order valence-corrected chi connectivity index (χ4v) is 1.91. The average Bonchev–Trinajstić information content (AvgIpc) is 2.17. The van der Waals surface area contributed by atoms with Gasteiger partial charge in [0, 0.05) is 12.0 Å². The van der Waals surface area contributed by atoms with E-state index in [0.29, 0.717) is 5.56 Å². The van der Waals surface area contributed by atoms with Crippen molar-refractivity contribution < 1.29 is 13.2 Å². The predicted molar refractivity (Wildman–Crippen MR) is 58.1 cm³/mol. The smallest absolute Gasteiger partial charge is 0.330 e.